The van der Waals surface area contributed by atoms with Gasteiger partial charge in [0, 0.05) is 0 Å². The minimum absolute atomic E-state index is 0.330. The van der Waals surface area contributed by atoms with E-state index in [-0.39, 0.29) is 0 Å². The number of hydrogen-bond acceptors (Lipinski definition) is 1. The third-order valence-electron chi connectivity index (χ3n) is 4.28. The fraction of sp³-hybridized carbons (Fsp3) is 0.278. The molecule has 0 aromatic heterocycles. The first-order valence-electron chi connectivity index (χ1n) is 7.09. The Morgan fingerprint density at radius 3 is 2.20 bits per heavy atom. The summed E-state index contributed by atoms with van der Waals surface area (Å²) < 4.78 is 0. The Labute approximate surface area is 119 Å². The molecule has 2 heteroatoms. The van der Waals surface area contributed by atoms with E-state index in [9.17, 15) is 4.79 Å². The van der Waals surface area contributed by atoms with E-state index in [2.05, 4.69) is 25.1 Å². The molecule has 0 heterocycles. The molecule has 1 N–H and O–H groups in total. The monoisotopic (exact) mass is 266 g/mol. The molecule has 0 saturated heterocycles. The zero-order valence-corrected chi connectivity index (χ0v) is 11.6. The maximum atomic E-state index is 10.9. The number of benzene rings is 2. The number of aryl methyl sites for hydroxylation is 1. The number of hydrogen-bond donors (Lipinski definition) is 1. The Morgan fingerprint density at radius 2 is 1.70 bits per heavy atom. The van der Waals surface area contributed by atoms with Crippen LogP contribution in [-0.2, 0) is 0 Å². The van der Waals surface area contributed by atoms with E-state index in [0.717, 1.165) is 17.0 Å². The van der Waals surface area contributed by atoms with Gasteiger partial charge in [0.15, 0.2) is 0 Å². The maximum absolute atomic E-state index is 10.9. The number of rotatable bonds is 3. The van der Waals surface area contributed by atoms with Crippen LogP contribution in [0.3, 0.4) is 0 Å². The first-order chi connectivity index (χ1) is 9.65. The van der Waals surface area contributed by atoms with Crippen molar-refractivity contribution < 1.29 is 9.90 Å². The zero-order valence-electron chi connectivity index (χ0n) is 11.6. The molecule has 1 fully saturated rings. The lowest BCUT2D eigenvalue weighted by molar-refractivity contribution is 0.0697. The smallest absolute Gasteiger partial charge is 0.335 e. The van der Waals surface area contributed by atoms with Crippen LogP contribution < -0.4 is 0 Å². The first-order valence-corrected chi connectivity index (χ1v) is 7.09. The van der Waals surface area contributed by atoms with Crippen molar-refractivity contribution in [2.75, 3.05) is 0 Å². The van der Waals surface area contributed by atoms with Crippen molar-refractivity contribution in [3.63, 3.8) is 0 Å². The summed E-state index contributed by atoms with van der Waals surface area (Å²) in [6, 6.07) is 13.7. The van der Waals surface area contributed by atoms with Gasteiger partial charge in [-0.1, -0.05) is 36.8 Å². The van der Waals surface area contributed by atoms with Gasteiger partial charge in [-0.2, -0.15) is 0 Å². The molecule has 2 aromatic carbocycles. The van der Waals surface area contributed by atoms with Gasteiger partial charge in [0.05, 0.1) is 5.56 Å². The topological polar surface area (TPSA) is 37.3 Å². The molecule has 20 heavy (non-hydrogen) atoms. The highest BCUT2D eigenvalue weighted by molar-refractivity contribution is 5.88. The van der Waals surface area contributed by atoms with E-state index in [4.69, 9.17) is 5.11 Å². The molecular weight excluding hydrogens is 248 g/mol. The summed E-state index contributed by atoms with van der Waals surface area (Å²) in [6.07, 6.45) is 3.98. The van der Waals surface area contributed by atoms with Gasteiger partial charge < -0.3 is 5.11 Å². The van der Waals surface area contributed by atoms with Crippen LogP contribution in [0.25, 0.3) is 11.1 Å². The fourth-order valence-electron chi connectivity index (χ4n) is 2.84. The van der Waals surface area contributed by atoms with Crippen LogP contribution in [0, 0.1) is 6.92 Å². The Hall–Kier alpha value is -2.09. The largest absolute Gasteiger partial charge is 0.478 e. The van der Waals surface area contributed by atoms with Crippen molar-refractivity contribution in [2.24, 2.45) is 0 Å². The minimum atomic E-state index is -0.881. The molecule has 0 aliphatic heterocycles. The molecule has 0 bridgehead atoms. The van der Waals surface area contributed by atoms with E-state index < -0.39 is 5.97 Å². The normalized spacial score (nSPS) is 14.8. The molecule has 2 nitrogen and oxygen atoms in total. The highest BCUT2D eigenvalue weighted by Crippen LogP contribution is 2.38. The number of aromatic carboxylic acids is 1. The number of carboxylic acids is 1. The average Bonchev–Trinajstić information content (AvgIpc) is 2.39. The first kappa shape index (κ1) is 12.9. The number of carboxylic acid groups (broad SMARTS) is 1. The van der Waals surface area contributed by atoms with Gasteiger partial charge in [-0.05, 0) is 60.1 Å². The predicted molar refractivity (Wildman–Crippen MR) is 80.2 cm³/mol. The van der Waals surface area contributed by atoms with Gasteiger partial charge in [-0.3, -0.25) is 0 Å². The third-order valence-corrected chi connectivity index (χ3v) is 4.28. The quantitative estimate of drug-likeness (QED) is 0.879. The van der Waals surface area contributed by atoms with Crippen molar-refractivity contribution in [3.05, 3.63) is 59.2 Å². The zero-order chi connectivity index (χ0) is 14.1. The molecule has 1 aliphatic rings. The Bertz CT molecular complexity index is 637. The van der Waals surface area contributed by atoms with Crippen molar-refractivity contribution in [2.45, 2.75) is 32.1 Å². The Morgan fingerprint density at radius 1 is 1.05 bits per heavy atom. The molecule has 2 aromatic rings. The van der Waals surface area contributed by atoms with Crippen molar-refractivity contribution in [3.8, 4) is 11.1 Å². The van der Waals surface area contributed by atoms with Crippen LogP contribution in [0.1, 0.15) is 46.7 Å². The Balaban J connectivity index is 1.90. The molecule has 102 valence electrons. The van der Waals surface area contributed by atoms with Crippen LogP contribution in [-0.4, -0.2) is 11.1 Å². The molecule has 3 rings (SSSR count). The van der Waals surface area contributed by atoms with E-state index in [1.54, 1.807) is 12.1 Å². The summed E-state index contributed by atoms with van der Waals surface area (Å²) in [5.74, 6) is -0.133. The van der Waals surface area contributed by atoms with Gasteiger partial charge in [0.25, 0.3) is 0 Å². The van der Waals surface area contributed by atoms with E-state index in [0.29, 0.717) is 5.56 Å². The van der Waals surface area contributed by atoms with Crippen molar-refractivity contribution in [1.29, 1.82) is 0 Å². The summed E-state index contributed by atoms with van der Waals surface area (Å²) in [7, 11) is 0. The van der Waals surface area contributed by atoms with Crippen molar-refractivity contribution in [1.82, 2.24) is 0 Å². The summed E-state index contributed by atoms with van der Waals surface area (Å²) in [5, 5.41) is 8.92. The second-order valence-corrected chi connectivity index (χ2v) is 5.58. The standard InChI is InChI=1S/C18H18O2/c1-12-11-16(9-10-17(12)14-3-2-4-14)13-5-7-15(8-6-13)18(19)20/h5-11,14H,2-4H2,1H3,(H,19,20). The summed E-state index contributed by atoms with van der Waals surface area (Å²) in [6.45, 7) is 2.17. The molecule has 0 spiro atoms. The third kappa shape index (κ3) is 2.34. The summed E-state index contributed by atoms with van der Waals surface area (Å²) >= 11 is 0. The van der Waals surface area contributed by atoms with Gasteiger partial charge in [-0.25, -0.2) is 4.79 Å². The molecular formula is C18H18O2. The molecule has 1 saturated carbocycles. The maximum Gasteiger partial charge on any atom is 0.335 e. The lowest BCUT2D eigenvalue weighted by Gasteiger charge is -2.27. The van der Waals surface area contributed by atoms with Crippen LogP contribution in [0.2, 0.25) is 0 Å². The lowest BCUT2D eigenvalue weighted by atomic mass is 9.78. The molecule has 0 amide bonds. The van der Waals surface area contributed by atoms with E-state index in [1.807, 2.05) is 12.1 Å². The van der Waals surface area contributed by atoms with Gasteiger partial charge in [0.1, 0.15) is 0 Å². The summed E-state index contributed by atoms with van der Waals surface area (Å²) in [5.41, 5.74) is 5.37. The lowest BCUT2D eigenvalue weighted by Crippen LogP contribution is -2.10. The SMILES string of the molecule is Cc1cc(-c2ccc(C(=O)O)cc2)ccc1C1CCC1. The van der Waals surface area contributed by atoms with Crippen LogP contribution in [0.4, 0.5) is 0 Å². The van der Waals surface area contributed by atoms with Crippen molar-refractivity contribution >= 4 is 5.97 Å². The fourth-order valence-corrected chi connectivity index (χ4v) is 2.84. The summed E-state index contributed by atoms with van der Waals surface area (Å²) in [4.78, 5) is 10.9. The van der Waals surface area contributed by atoms with Crippen LogP contribution in [0.15, 0.2) is 42.5 Å². The second-order valence-electron chi connectivity index (χ2n) is 5.58. The highest BCUT2D eigenvalue weighted by atomic mass is 16.4. The van der Waals surface area contributed by atoms with Gasteiger partial charge in [-0.15, -0.1) is 0 Å². The Kier molecular flexibility index (Phi) is 3.31. The van der Waals surface area contributed by atoms with E-state index >= 15 is 0 Å². The predicted octanol–water partition coefficient (Wildman–Crippen LogP) is 4.63. The molecule has 0 unspecified atom stereocenters. The molecule has 0 atom stereocenters. The highest BCUT2D eigenvalue weighted by Gasteiger charge is 2.20. The molecule has 1 aliphatic carbocycles. The van der Waals surface area contributed by atoms with E-state index in [1.165, 1.54) is 30.4 Å². The molecule has 0 radical (unpaired) electrons. The average molecular weight is 266 g/mol. The van der Waals surface area contributed by atoms with Gasteiger partial charge >= 0.3 is 5.97 Å². The second kappa shape index (κ2) is 5.12. The number of carbonyl (C=O) groups is 1. The van der Waals surface area contributed by atoms with Crippen LogP contribution in [0.5, 0.6) is 0 Å². The van der Waals surface area contributed by atoms with Gasteiger partial charge in [0.2, 0.25) is 0 Å². The van der Waals surface area contributed by atoms with Crippen LogP contribution >= 0.6 is 0 Å². The minimum Gasteiger partial charge on any atom is -0.478 e.